The van der Waals surface area contributed by atoms with Crippen LogP contribution in [0.3, 0.4) is 0 Å². The molecule has 0 atom stereocenters. The zero-order chi connectivity index (χ0) is 20.2. The Morgan fingerprint density at radius 3 is 2.76 bits per heavy atom. The van der Waals surface area contributed by atoms with E-state index in [0.717, 1.165) is 42.6 Å². The standard InChI is InChI=1S/C23H20ClFN2O2/c24-23-17(4-3-6-19(23)18-5-1-2-7-20(18)25)15-29-22-9-8-16-14-27(12-13-28)11-10-21(16)26-22/h1-9,13H,10-12,14-15H2. The fraction of sp³-hybridized carbons (Fsp3) is 0.217. The van der Waals surface area contributed by atoms with Gasteiger partial charge in [0, 0.05) is 42.3 Å². The number of aromatic nitrogens is 1. The molecule has 0 amide bonds. The normalized spacial score (nSPS) is 13.7. The number of nitrogens with zero attached hydrogens (tertiary/aromatic N) is 2. The van der Waals surface area contributed by atoms with Crippen LogP contribution in [0.2, 0.25) is 5.02 Å². The summed E-state index contributed by atoms with van der Waals surface area (Å²) in [6, 6.07) is 15.9. The number of carbonyl (C=O) groups is 1. The van der Waals surface area contributed by atoms with Gasteiger partial charge in [-0.05, 0) is 11.6 Å². The predicted molar refractivity (Wildman–Crippen MR) is 110 cm³/mol. The van der Waals surface area contributed by atoms with Gasteiger partial charge in [-0.25, -0.2) is 9.37 Å². The van der Waals surface area contributed by atoms with Gasteiger partial charge in [0.05, 0.1) is 17.3 Å². The first-order valence-electron chi connectivity index (χ1n) is 9.45. The second-order valence-corrected chi connectivity index (χ2v) is 7.33. The number of halogens is 2. The quantitative estimate of drug-likeness (QED) is 0.553. The number of hydrogen-bond donors (Lipinski definition) is 0. The van der Waals surface area contributed by atoms with Crippen LogP contribution in [0.5, 0.6) is 5.88 Å². The fourth-order valence-corrected chi connectivity index (χ4v) is 3.81. The molecule has 148 valence electrons. The van der Waals surface area contributed by atoms with Gasteiger partial charge in [0.2, 0.25) is 5.88 Å². The number of hydrogen-bond acceptors (Lipinski definition) is 4. The number of carbonyl (C=O) groups excluding carboxylic acids is 1. The van der Waals surface area contributed by atoms with Crippen molar-refractivity contribution in [3.63, 3.8) is 0 Å². The van der Waals surface area contributed by atoms with Crippen molar-refractivity contribution >= 4 is 17.9 Å². The maximum atomic E-state index is 14.2. The third kappa shape index (κ3) is 4.31. The van der Waals surface area contributed by atoms with E-state index in [1.54, 1.807) is 24.3 Å². The van der Waals surface area contributed by atoms with Crippen LogP contribution in [0, 0.1) is 5.82 Å². The van der Waals surface area contributed by atoms with E-state index < -0.39 is 0 Å². The Hall–Kier alpha value is -2.76. The smallest absolute Gasteiger partial charge is 0.213 e. The molecular formula is C23H20ClFN2O2. The largest absolute Gasteiger partial charge is 0.473 e. The second kappa shape index (κ2) is 8.72. The van der Waals surface area contributed by atoms with Gasteiger partial charge >= 0.3 is 0 Å². The summed E-state index contributed by atoms with van der Waals surface area (Å²) in [5, 5.41) is 0.472. The first-order valence-corrected chi connectivity index (χ1v) is 9.83. The van der Waals surface area contributed by atoms with Crippen LogP contribution in [0.4, 0.5) is 4.39 Å². The molecule has 3 aromatic rings. The molecule has 4 nitrogen and oxygen atoms in total. The summed E-state index contributed by atoms with van der Waals surface area (Å²) in [6.07, 6.45) is 1.71. The van der Waals surface area contributed by atoms with Crippen molar-refractivity contribution < 1.29 is 13.9 Å². The van der Waals surface area contributed by atoms with Crippen LogP contribution < -0.4 is 4.74 Å². The van der Waals surface area contributed by atoms with Crippen LogP contribution in [0.15, 0.2) is 54.6 Å². The van der Waals surface area contributed by atoms with Crippen molar-refractivity contribution in [3.05, 3.63) is 82.3 Å². The van der Waals surface area contributed by atoms with E-state index in [9.17, 15) is 9.18 Å². The van der Waals surface area contributed by atoms with Crippen LogP contribution in [0.1, 0.15) is 16.8 Å². The summed E-state index contributed by atoms with van der Waals surface area (Å²) in [6.45, 7) is 2.20. The summed E-state index contributed by atoms with van der Waals surface area (Å²) in [5.74, 6) is 0.215. The van der Waals surface area contributed by atoms with Crippen molar-refractivity contribution in [1.29, 1.82) is 0 Å². The van der Waals surface area contributed by atoms with Crippen molar-refractivity contribution in [3.8, 4) is 17.0 Å². The molecule has 0 unspecified atom stereocenters. The molecular weight excluding hydrogens is 391 g/mol. The van der Waals surface area contributed by atoms with E-state index in [2.05, 4.69) is 9.88 Å². The van der Waals surface area contributed by atoms with E-state index in [4.69, 9.17) is 16.3 Å². The molecule has 4 rings (SSSR count). The highest BCUT2D eigenvalue weighted by Gasteiger charge is 2.18. The zero-order valence-corrected chi connectivity index (χ0v) is 16.5. The molecule has 0 saturated heterocycles. The van der Waals surface area contributed by atoms with Crippen molar-refractivity contribution in [2.75, 3.05) is 13.1 Å². The lowest BCUT2D eigenvalue weighted by Crippen LogP contribution is -2.32. The molecule has 2 aromatic carbocycles. The zero-order valence-electron chi connectivity index (χ0n) is 15.8. The van der Waals surface area contributed by atoms with Crippen molar-refractivity contribution in [1.82, 2.24) is 9.88 Å². The number of ether oxygens (including phenoxy) is 1. The van der Waals surface area contributed by atoms with Crippen LogP contribution in [-0.4, -0.2) is 29.3 Å². The van der Waals surface area contributed by atoms with E-state index >= 15 is 0 Å². The molecule has 0 radical (unpaired) electrons. The van der Waals surface area contributed by atoms with Crippen LogP contribution in [-0.2, 0) is 24.4 Å². The average molecular weight is 411 g/mol. The second-order valence-electron chi connectivity index (χ2n) is 6.95. The number of rotatable bonds is 6. The topological polar surface area (TPSA) is 42.4 Å². The minimum absolute atomic E-state index is 0.240. The molecule has 1 aliphatic heterocycles. The van der Waals surface area contributed by atoms with Gasteiger partial charge in [0.1, 0.15) is 18.7 Å². The van der Waals surface area contributed by atoms with Gasteiger partial charge in [-0.2, -0.15) is 0 Å². The number of benzene rings is 2. The van der Waals surface area contributed by atoms with Gasteiger partial charge in [0.25, 0.3) is 0 Å². The molecule has 29 heavy (non-hydrogen) atoms. The summed E-state index contributed by atoms with van der Waals surface area (Å²) in [7, 11) is 0. The van der Waals surface area contributed by atoms with Crippen LogP contribution in [0.25, 0.3) is 11.1 Å². The predicted octanol–water partition coefficient (Wildman–Crippen LogP) is 4.68. The Bertz CT molecular complexity index is 1040. The van der Waals surface area contributed by atoms with E-state index in [1.807, 2.05) is 24.3 Å². The van der Waals surface area contributed by atoms with Crippen LogP contribution >= 0.6 is 11.6 Å². The third-order valence-electron chi connectivity index (χ3n) is 5.05. The molecule has 0 bridgehead atoms. The highest BCUT2D eigenvalue weighted by Crippen LogP contribution is 2.33. The molecule has 6 heteroatoms. The Labute approximate surface area is 173 Å². The Kier molecular flexibility index (Phi) is 5.88. The Balaban J connectivity index is 1.50. The average Bonchev–Trinajstić information content (AvgIpc) is 2.74. The SMILES string of the molecule is O=CCN1CCc2nc(OCc3cccc(-c4ccccc4F)c3Cl)ccc2C1. The maximum absolute atomic E-state index is 14.2. The summed E-state index contributed by atoms with van der Waals surface area (Å²) < 4.78 is 20.0. The lowest BCUT2D eigenvalue weighted by atomic mass is 10.0. The summed E-state index contributed by atoms with van der Waals surface area (Å²) >= 11 is 6.54. The molecule has 1 aliphatic rings. The van der Waals surface area contributed by atoms with Gasteiger partial charge < -0.3 is 9.53 Å². The number of aldehydes is 1. The van der Waals surface area contributed by atoms with Gasteiger partial charge in [0.15, 0.2) is 0 Å². The van der Waals surface area contributed by atoms with E-state index in [-0.39, 0.29) is 12.4 Å². The minimum atomic E-state index is -0.313. The van der Waals surface area contributed by atoms with E-state index in [1.165, 1.54) is 6.07 Å². The van der Waals surface area contributed by atoms with Gasteiger partial charge in [-0.3, -0.25) is 4.90 Å². The fourth-order valence-electron chi connectivity index (χ4n) is 3.53. The Morgan fingerprint density at radius 2 is 1.93 bits per heavy atom. The van der Waals surface area contributed by atoms with Gasteiger partial charge in [-0.1, -0.05) is 54.1 Å². The first kappa shape index (κ1) is 19.6. The lowest BCUT2D eigenvalue weighted by molar-refractivity contribution is -0.109. The Morgan fingerprint density at radius 1 is 1.10 bits per heavy atom. The summed E-state index contributed by atoms with van der Waals surface area (Å²) in [5.41, 5.74) is 3.98. The summed E-state index contributed by atoms with van der Waals surface area (Å²) in [4.78, 5) is 17.4. The highest BCUT2D eigenvalue weighted by molar-refractivity contribution is 6.34. The molecule has 0 fully saturated rings. The highest BCUT2D eigenvalue weighted by atomic mass is 35.5. The van der Waals surface area contributed by atoms with Crippen molar-refractivity contribution in [2.24, 2.45) is 0 Å². The third-order valence-corrected chi connectivity index (χ3v) is 5.50. The molecule has 2 heterocycles. The first-order chi connectivity index (χ1) is 14.2. The number of fused-ring (bicyclic) bond motifs is 1. The van der Waals surface area contributed by atoms with E-state index in [0.29, 0.717) is 28.6 Å². The van der Waals surface area contributed by atoms with Gasteiger partial charge in [-0.15, -0.1) is 0 Å². The lowest BCUT2D eigenvalue weighted by Gasteiger charge is -2.26. The molecule has 0 saturated carbocycles. The monoisotopic (exact) mass is 410 g/mol. The molecule has 0 spiro atoms. The number of pyridine rings is 1. The maximum Gasteiger partial charge on any atom is 0.213 e. The molecule has 1 aromatic heterocycles. The minimum Gasteiger partial charge on any atom is -0.473 e. The molecule has 0 N–H and O–H groups in total. The van der Waals surface area contributed by atoms with Crippen molar-refractivity contribution in [2.45, 2.75) is 19.6 Å². The molecule has 0 aliphatic carbocycles.